The van der Waals surface area contributed by atoms with Gasteiger partial charge >= 0.3 is 11.9 Å². The number of ether oxygens (including phenoxy) is 1. The van der Waals surface area contributed by atoms with E-state index in [0.717, 1.165) is 51.4 Å². The summed E-state index contributed by atoms with van der Waals surface area (Å²) in [4.78, 5) is 35.9. The average Bonchev–Trinajstić information content (AvgIpc) is 2.91. The van der Waals surface area contributed by atoms with Gasteiger partial charge in [-0.25, -0.2) is 4.79 Å². The Morgan fingerprint density at radius 2 is 1.10 bits per heavy atom. The van der Waals surface area contributed by atoms with Crippen molar-refractivity contribution in [3.63, 3.8) is 0 Å². The maximum Gasteiger partial charge on any atom is 0.326 e. The van der Waals surface area contributed by atoms with E-state index in [1.165, 1.54) is 70.6 Å². The van der Waals surface area contributed by atoms with Crippen molar-refractivity contribution in [1.82, 2.24) is 5.32 Å². The second-order valence-electron chi connectivity index (χ2n) is 11.2. The maximum absolute atomic E-state index is 12.5. The quantitative estimate of drug-likeness (QED) is 0.0640. The number of carboxylic acid groups (broad SMARTS) is 1. The highest BCUT2D eigenvalue weighted by molar-refractivity contribution is 5.83. The number of amides is 1. The Kier molecular flexibility index (Phi) is 26.8. The van der Waals surface area contributed by atoms with E-state index >= 15 is 0 Å². The number of carbonyl (C=O) groups is 3. The Balaban J connectivity index is 4.14. The molecule has 0 aliphatic carbocycles. The van der Waals surface area contributed by atoms with Gasteiger partial charge in [-0.1, -0.05) is 104 Å². The van der Waals surface area contributed by atoms with Gasteiger partial charge in [0.25, 0.3) is 0 Å². The summed E-state index contributed by atoms with van der Waals surface area (Å²) in [6.45, 7) is 4.85. The first-order valence-corrected chi connectivity index (χ1v) is 16.4. The van der Waals surface area contributed by atoms with Crippen LogP contribution in [0.3, 0.4) is 0 Å². The Bertz CT molecular complexity index is 599. The van der Waals surface area contributed by atoms with Crippen molar-refractivity contribution in [3.05, 3.63) is 0 Å². The van der Waals surface area contributed by atoms with Crippen molar-refractivity contribution in [1.29, 1.82) is 0 Å². The van der Waals surface area contributed by atoms with Gasteiger partial charge in [-0.05, 0) is 57.9 Å². The molecule has 0 aromatic rings. The minimum absolute atomic E-state index is 0.0384. The van der Waals surface area contributed by atoms with Crippen LogP contribution in [-0.2, 0) is 19.1 Å². The summed E-state index contributed by atoms with van der Waals surface area (Å²) in [7, 11) is 0. The largest absolute Gasteiger partial charge is 0.480 e. The van der Waals surface area contributed by atoms with Crippen LogP contribution in [0.4, 0.5) is 0 Å². The molecule has 1 amide bonds. The van der Waals surface area contributed by atoms with Gasteiger partial charge in [0, 0.05) is 12.8 Å². The van der Waals surface area contributed by atoms with E-state index in [1.54, 1.807) is 0 Å². The van der Waals surface area contributed by atoms with Gasteiger partial charge in [-0.15, -0.1) is 0 Å². The predicted octanol–water partition coefficient (Wildman–Crippen LogP) is 7.83. The van der Waals surface area contributed by atoms with Crippen molar-refractivity contribution in [2.45, 2.75) is 180 Å². The zero-order valence-corrected chi connectivity index (χ0v) is 25.5. The summed E-state index contributed by atoms with van der Waals surface area (Å²) < 4.78 is 5.87. The zero-order valence-electron chi connectivity index (χ0n) is 25.5. The molecule has 230 valence electrons. The third-order valence-corrected chi connectivity index (χ3v) is 7.42. The number of hydrogen-bond donors (Lipinski definition) is 3. The number of esters is 1. The van der Waals surface area contributed by atoms with Crippen LogP contribution in [0, 0.1) is 0 Å². The molecule has 2 atom stereocenters. The highest BCUT2D eigenvalue weighted by Gasteiger charge is 2.19. The molecule has 0 radical (unpaired) electrons. The molecule has 0 aliphatic rings. The topological polar surface area (TPSA) is 119 Å². The SMILES string of the molecule is CCCCCCCCCCCCCC(=O)OC(CCCCCC)CCCCCC(=O)NC(CCCN)C(=O)O. The third kappa shape index (κ3) is 25.1. The van der Waals surface area contributed by atoms with E-state index < -0.39 is 12.0 Å². The van der Waals surface area contributed by atoms with Crippen LogP contribution >= 0.6 is 0 Å². The van der Waals surface area contributed by atoms with Crippen molar-refractivity contribution < 1.29 is 24.2 Å². The Labute approximate surface area is 239 Å². The normalized spacial score (nSPS) is 12.7. The molecule has 0 bridgehead atoms. The van der Waals surface area contributed by atoms with Gasteiger partial charge < -0.3 is 20.9 Å². The lowest BCUT2D eigenvalue weighted by Crippen LogP contribution is -2.40. The summed E-state index contributed by atoms with van der Waals surface area (Å²) in [5.74, 6) is -1.31. The molecular weight excluding hydrogens is 492 g/mol. The fourth-order valence-corrected chi connectivity index (χ4v) is 4.92. The number of rotatable bonds is 29. The number of nitrogens with two attached hydrogens (primary N) is 1. The Hall–Kier alpha value is -1.63. The van der Waals surface area contributed by atoms with E-state index in [0.29, 0.717) is 38.6 Å². The second-order valence-corrected chi connectivity index (χ2v) is 11.2. The summed E-state index contributed by atoms with van der Waals surface area (Å²) >= 11 is 0. The van der Waals surface area contributed by atoms with E-state index in [2.05, 4.69) is 19.2 Å². The second kappa shape index (κ2) is 27.9. The lowest BCUT2D eigenvalue weighted by Gasteiger charge is -2.18. The summed E-state index contributed by atoms with van der Waals surface area (Å²) in [6, 6.07) is -0.867. The molecule has 0 saturated carbocycles. The molecule has 4 N–H and O–H groups in total. The molecule has 7 nitrogen and oxygen atoms in total. The third-order valence-electron chi connectivity index (χ3n) is 7.42. The highest BCUT2D eigenvalue weighted by Crippen LogP contribution is 2.18. The number of aliphatic carboxylic acids is 1. The van der Waals surface area contributed by atoms with Crippen LogP contribution in [0.15, 0.2) is 0 Å². The first kappa shape index (κ1) is 37.4. The van der Waals surface area contributed by atoms with Crippen LogP contribution in [-0.4, -0.2) is 41.6 Å². The maximum atomic E-state index is 12.5. The number of carboxylic acids is 1. The lowest BCUT2D eigenvalue weighted by atomic mass is 10.0. The zero-order chi connectivity index (χ0) is 29.0. The van der Waals surface area contributed by atoms with Crippen LogP contribution in [0.25, 0.3) is 0 Å². The molecule has 39 heavy (non-hydrogen) atoms. The summed E-state index contributed by atoms with van der Waals surface area (Å²) in [5.41, 5.74) is 5.45. The molecule has 0 aliphatic heterocycles. The number of unbranched alkanes of at least 4 members (excludes halogenated alkanes) is 15. The molecular formula is C32H62N2O5. The molecule has 0 heterocycles. The fraction of sp³-hybridized carbons (Fsp3) is 0.906. The van der Waals surface area contributed by atoms with Crippen LogP contribution in [0.5, 0.6) is 0 Å². The van der Waals surface area contributed by atoms with E-state index in [-0.39, 0.29) is 18.0 Å². The smallest absolute Gasteiger partial charge is 0.326 e. The van der Waals surface area contributed by atoms with Crippen molar-refractivity contribution in [2.24, 2.45) is 5.73 Å². The van der Waals surface area contributed by atoms with Crippen LogP contribution in [0.2, 0.25) is 0 Å². The van der Waals surface area contributed by atoms with E-state index in [4.69, 9.17) is 10.5 Å². The molecule has 0 rings (SSSR count). The van der Waals surface area contributed by atoms with Crippen molar-refractivity contribution >= 4 is 17.8 Å². The monoisotopic (exact) mass is 554 g/mol. The molecule has 0 aromatic carbocycles. The van der Waals surface area contributed by atoms with Crippen LogP contribution in [0.1, 0.15) is 168 Å². The summed E-state index contributed by atoms with van der Waals surface area (Å²) in [5, 5.41) is 11.8. The highest BCUT2D eigenvalue weighted by atomic mass is 16.5. The van der Waals surface area contributed by atoms with Crippen molar-refractivity contribution in [3.8, 4) is 0 Å². The minimum Gasteiger partial charge on any atom is -0.480 e. The Morgan fingerprint density at radius 3 is 1.62 bits per heavy atom. The lowest BCUT2D eigenvalue weighted by molar-refractivity contribution is -0.150. The molecule has 0 spiro atoms. The molecule has 2 unspecified atom stereocenters. The van der Waals surface area contributed by atoms with Gasteiger partial charge in [0.05, 0.1) is 0 Å². The Morgan fingerprint density at radius 1 is 0.641 bits per heavy atom. The molecule has 7 heteroatoms. The summed E-state index contributed by atoms with van der Waals surface area (Å²) in [6.07, 6.45) is 24.4. The molecule has 0 fully saturated rings. The van der Waals surface area contributed by atoms with Crippen LogP contribution < -0.4 is 11.1 Å². The average molecular weight is 555 g/mol. The predicted molar refractivity (Wildman–Crippen MR) is 161 cm³/mol. The van der Waals surface area contributed by atoms with Gasteiger partial charge in [0.1, 0.15) is 12.1 Å². The molecule has 0 saturated heterocycles. The van der Waals surface area contributed by atoms with E-state index in [9.17, 15) is 19.5 Å². The van der Waals surface area contributed by atoms with Gasteiger partial charge in [0.2, 0.25) is 5.91 Å². The fourth-order valence-electron chi connectivity index (χ4n) is 4.92. The van der Waals surface area contributed by atoms with Gasteiger partial charge in [-0.2, -0.15) is 0 Å². The molecule has 0 aromatic heterocycles. The number of hydrogen-bond acceptors (Lipinski definition) is 5. The number of nitrogens with one attached hydrogen (secondary N) is 1. The van der Waals surface area contributed by atoms with Gasteiger partial charge in [0.15, 0.2) is 0 Å². The number of carbonyl (C=O) groups excluding carboxylic acids is 2. The van der Waals surface area contributed by atoms with E-state index in [1.807, 2.05) is 0 Å². The standard InChI is InChI=1S/C32H62N2O5/c1-3-5-7-9-10-11-12-13-14-15-20-26-31(36)39-28(22-17-8-6-4-2)23-18-16-19-25-30(35)34-29(32(37)38)24-21-27-33/h28-29H,3-27,33H2,1-2H3,(H,34,35)(H,37,38). The van der Waals surface area contributed by atoms with Crippen molar-refractivity contribution in [2.75, 3.05) is 6.54 Å². The first-order chi connectivity index (χ1) is 18.9. The minimum atomic E-state index is -1.02. The van der Waals surface area contributed by atoms with Gasteiger partial charge in [-0.3, -0.25) is 9.59 Å². The first-order valence-electron chi connectivity index (χ1n) is 16.4.